The molecule has 1 heterocycles. The number of hydrogen-bond acceptors (Lipinski definition) is 5. The zero-order valence-electron chi connectivity index (χ0n) is 6.43. The van der Waals surface area contributed by atoms with Crippen molar-refractivity contribution in [1.82, 2.24) is 4.90 Å². The standard InChI is InChI=1S/C6H5N3O3S/c7-3-8-6-9(1-5(11)12)4(10)2-13-6/h1-2H2,(H,11,12). The van der Waals surface area contributed by atoms with Gasteiger partial charge in [0.05, 0.1) is 5.75 Å². The summed E-state index contributed by atoms with van der Waals surface area (Å²) in [5.41, 5.74) is 0. The van der Waals surface area contributed by atoms with Crippen LogP contribution in [0.2, 0.25) is 0 Å². The highest BCUT2D eigenvalue weighted by molar-refractivity contribution is 8.15. The molecule has 1 saturated heterocycles. The predicted molar refractivity (Wildman–Crippen MR) is 44.9 cm³/mol. The largest absolute Gasteiger partial charge is 0.480 e. The number of hydrogen-bond donors (Lipinski definition) is 1. The van der Waals surface area contributed by atoms with Gasteiger partial charge in [0, 0.05) is 0 Å². The first-order valence-electron chi connectivity index (χ1n) is 3.27. The number of carbonyl (C=O) groups is 2. The maximum absolute atomic E-state index is 11.0. The number of aliphatic carboxylic acids is 1. The molecule has 1 N–H and O–H groups in total. The molecule has 1 amide bonds. The Kier molecular flexibility index (Phi) is 2.87. The number of nitrogens with zero attached hydrogens (tertiary/aromatic N) is 3. The third kappa shape index (κ3) is 2.19. The number of carbonyl (C=O) groups excluding carboxylic acids is 1. The van der Waals surface area contributed by atoms with Gasteiger partial charge in [-0.3, -0.25) is 14.5 Å². The van der Waals surface area contributed by atoms with Crippen molar-refractivity contribution < 1.29 is 14.7 Å². The highest BCUT2D eigenvalue weighted by Crippen LogP contribution is 2.18. The molecule has 1 fully saturated rings. The second kappa shape index (κ2) is 3.91. The first-order valence-corrected chi connectivity index (χ1v) is 4.25. The summed E-state index contributed by atoms with van der Waals surface area (Å²) in [4.78, 5) is 25.7. The second-order valence-electron chi connectivity index (χ2n) is 2.16. The Morgan fingerprint density at radius 3 is 3.08 bits per heavy atom. The van der Waals surface area contributed by atoms with E-state index in [2.05, 4.69) is 4.99 Å². The van der Waals surface area contributed by atoms with E-state index in [9.17, 15) is 9.59 Å². The lowest BCUT2D eigenvalue weighted by atomic mass is 10.5. The molecule has 0 atom stereocenters. The van der Waals surface area contributed by atoms with E-state index in [1.54, 1.807) is 0 Å². The first kappa shape index (κ1) is 9.54. The fourth-order valence-corrected chi connectivity index (χ4v) is 1.65. The monoisotopic (exact) mass is 199 g/mol. The van der Waals surface area contributed by atoms with Crippen LogP contribution in [0.3, 0.4) is 0 Å². The molecule has 0 bridgehead atoms. The van der Waals surface area contributed by atoms with Crippen molar-refractivity contribution in [3.63, 3.8) is 0 Å². The van der Waals surface area contributed by atoms with Crippen molar-refractivity contribution >= 4 is 28.8 Å². The van der Waals surface area contributed by atoms with E-state index in [4.69, 9.17) is 10.4 Å². The molecule has 0 unspecified atom stereocenters. The Balaban J connectivity index is 2.78. The molecular weight excluding hydrogens is 194 g/mol. The van der Waals surface area contributed by atoms with Gasteiger partial charge in [0.2, 0.25) is 12.1 Å². The van der Waals surface area contributed by atoms with Crippen LogP contribution in [0.4, 0.5) is 0 Å². The maximum atomic E-state index is 11.0. The number of amidine groups is 1. The summed E-state index contributed by atoms with van der Waals surface area (Å²) in [6.07, 6.45) is 1.51. The third-order valence-electron chi connectivity index (χ3n) is 1.30. The van der Waals surface area contributed by atoms with Crippen molar-refractivity contribution in [2.24, 2.45) is 4.99 Å². The van der Waals surface area contributed by atoms with E-state index >= 15 is 0 Å². The van der Waals surface area contributed by atoms with Crippen LogP contribution >= 0.6 is 11.8 Å². The number of aliphatic imine (C=N–C) groups is 1. The topological polar surface area (TPSA) is 93.8 Å². The van der Waals surface area contributed by atoms with Crippen LogP contribution in [-0.2, 0) is 9.59 Å². The molecule has 0 saturated carbocycles. The molecular formula is C6H5N3O3S. The van der Waals surface area contributed by atoms with E-state index < -0.39 is 12.5 Å². The van der Waals surface area contributed by atoms with E-state index in [1.165, 1.54) is 6.19 Å². The summed E-state index contributed by atoms with van der Waals surface area (Å²) in [6, 6.07) is 0. The van der Waals surface area contributed by atoms with E-state index in [0.29, 0.717) is 0 Å². The molecule has 7 heteroatoms. The minimum atomic E-state index is -1.12. The fraction of sp³-hybridized carbons (Fsp3) is 0.333. The Morgan fingerprint density at radius 1 is 1.85 bits per heavy atom. The van der Waals surface area contributed by atoms with Crippen LogP contribution in [0, 0.1) is 11.5 Å². The van der Waals surface area contributed by atoms with E-state index in [0.717, 1.165) is 16.7 Å². The predicted octanol–water partition coefficient (Wildman–Crippen LogP) is -0.517. The van der Waals surface area contributed by atoms with Crippen LogP contribution in [0.1, 0.15) is 0 Å². The molecule has 0 spiro atoms. The number of carboxylic acid groups (broad SMARTS) is 1. The van der Waals surface area contributed by atoms with Crippen LogP contribution < -0.4 is 0 Å². The molecule has 0 aromatic rings. The van der Waals surface area contributed by atoms with Crippen LogP contribution in [0.15, 0.2) is 4.99 Å². The molecule has 1 rings (SSSR count). The van der Waals surface area contributed by atoms with E-state index in [1.807, 2.05) is 0 Å². The highest BCUT2D eigenvalue weighted by Gasteiger charge is 2.29. The quantitative estimate of drug-likeness (QED) is 0.604. The van der Waals surface area contributed by atoms with Crippen molar-refractivity contribution in [2.75, 3.05) is 12.3 Å². The van der Waals surface area contributed by atoms with Gasteiger partial charge in [-0.25, -0.2) is 0 Å². The molecule has 1 aliphatic rings. The van der Waals surface area contributed by atoms with Crippen molar-refractivity contribution in [3.8, 4) is 6.19 Å². The smallest absolute Gasteiger partial charge is 0.323 e. The molecule has 0 aromatic heterocycles. The van der Waals surface area contributed by atoms with Gasteiger partial charge in [0.15, 0.2) is 5.17 Å². The number of amides is 1. The van der Waals surface area contributed by atoms with Crippen molar-refractivity contribution in [3.05, 3.63) is 0 Å². The van der Waals surface area contributed by atoms with Gasteiger partial charge in [-0.05, 0) is 0 Å². The van der Waals surface area contributed by atoms with Gasteiger partial charge >= 0.3 is 5.97 Å². The molecule has 13 heavy (non-hydrogen) atoms. The van der Waals surface area contributed by atoms with E-state index in [-0.39, 0.29) is 16.8 Å². The minimum absolute atomic E-state index is 0.147. The summed E-state index contributed by atoms with van der Waals surface area (Å²) in [5, 5.41) is 16.8. The number of thioether (sulfide) groups is 1. The lowest BCUT2D eigenvalue weighted by Gasteiger charge is -2.10. The third-order valence-corrected chi connectivity index (χ3v) is 2.26. The first-order chi connectivity index (χ1) is 6.15. The van der Waals surface area contributed by atoms with Crippen LogP contribution in [0.5, 0.6) is 0 Å². The molecule has 0 radical (unpaired) electrons. The SMILES string of the molecule is N#CN=C1SCC(=O)N1CC(=O)O. The number of carboxylic acids is 1. The number of rotatable bonds is 2. The molecule has 0 aliphatic carbocycles. The Bertz CT molecular complexity index is 320. The van der Waals surface area contributed by atoms with Crippen LogP contribution in [0.25, 0.3) is 0 Å². The minimum Gasteiger partial charge on any atom is -0.480 e. The van der Waals surface area contributed by atoms with Gasteiger partial charge in [0.1, 0.15) is 6.54 Å². The molecule has 1 aliphatic heterocycles. The zero-order chi connectivity index (χ0) is 9.84. The average Bonchev–Trinajstić information content (AvgIpc) is 2.36. The Morgan fingerprint density at radius 2 is 2.54 bits per heavy atom. The Hall–Kier alpha value is -1.55. The van der Waals surface area contributed by atoms with Crippen LogP contribution in [-0.4, -0.2) is 39.3 Å². The Labute approximate surface area is 77.8 Å². The molecule has 0 aromatic carbocycles. The van der Waals surface area contributed by atoms with Crippen molar-refractivity contribution in [1.29, 1.82) is 5.26 Å². The zero-order valence-corrected chi connectivity index (χ0v) is 7.24. The lowest BCUT2D eigenvalue weighted by molar-refractivity contribution is -0.140. The summed E-state index contributed by atoms with van der Waals surface area (Å²) in [7, 11) is 0. The maximum Gasteiger partial charge on any atom is 0.323 e. The summed E-state index contributed by atoms with van der Waals surface area (Å²) in [6.45, 7) is -0.438. The second-order valence-corrected chi connectivity index (χ2v) is 3.10. The van der Waals surface area contributed by atoms with Crippen molar-refractivity contribution in [2.45, 2.75) is 0 Å². The molecule has 6 nitrogen and oxygen atoms in total. The van der Waals surface area contributed by atoms with Gasteiger partial charge < -0.3 is 5.11 Å². The lowest BCUT2D eigenvalue weighted by Crippen LogP contribution is -2.34. The molecule has 68 valence electrons. The average molecular weight is 199 g/mol. The van der Waals surface area contributed by atoms with Gasteiger partial charge in [-0.1, -0.05) is 11.8 Å². The summed E-state index contributed by atoms with van der Waals surface area (Å²) >= 11 is 1.07. The normalized spacial score (nSPS) is 19.2. The van der Waals surface area contributed by atoms with Gasteiger partial charge in [-0.2, -0.15) is 5.26 Å². The summed E-state index contributed by atoms with van der Waals surface area (Å²) in [5.74, 6) is -1.31. The number of nitriles is 1. The summed E-state index contributed by atoms with van der Waals surface area (Å²) < 4.78 is 0. The van der Waals surface area contributed by atoms with Gasteiger partial charge in [0.25, 0.3) is 0 Å². The highest BCUT2D eigenvalue weighted by atomic mass is 32.2. The van der Waals surface area contributed by atoms with Gasteiger partial charge in [-0.15, -0.1) is 4.99 Å². The fourth-order valence-electron chi connectivity index (χ4n) is 0.815.